The van der Waals surface area contributed by atoms with E-state index in [2.05, 4.69) is 128 Å². The molecule has 0 bridgehead atoms. The molecular formula is C58H42N6. The molecule has 64 heavy (non-hydrogen) atoms. The molecule has 0 radical (unpaired) electrons. The maximum Gasteiger partial charge on any atom is 0.164 e. The largest absolute Gasteiger partial charge is 0.309 e. The zero-order valence-electron chi connectivity index (χ0n) is 35.7. The van der Waals surface area contributed by atoms with Crippen LogP contribution in [0.1, 0.15) is 16.7 Å². The topological polar surface area (TPSA) is 69.4 Å². The van der Waals surface area contributed by atoms with Crippen LogP contribution in [-0.4, -0.2) is 29.5 Å². The maximum atomic E-state index is 5.40. The Labute approximate surface area is 372 Å². The number of nitrogens with zero attached hydrogens (tertiary/aromatic N) is 6. The van der Waals surface area contributed by atoms with Crippen molar-refractivity contribution in [1.82, 2.24) is 29.5 Å². The molecule has 3 aromatic heterocycles. The summed E-state index contributed by atoms with van der Waals surface area (Å²) in [6.45, 7) is 6.59. The molecule has 304 valence electrons. The average Bonchev–Trinajstić information content (AvgIpc) is 3.68. The van der Waals surface area contributed by atoms with E-state index in [9.17, 15) is 0 Å². The lowest BCUT2D eigenvalue weighted by Crippen LogP contribution is -2.03. The number of hydrogen-bond acceptors (Lipinski definition) is 5. The molecular weight excluding hydrogens is 781 g/mol. The second kappa shape index (κ2) is 16.2. The molecule has 0 spiro atoms. The van der Waals surface area contributed by atoms with Crippen molar-refractivity contribution in [2.45, 2.75) is 20.8 Å². The number of aryl methyl sites for hydroxylation is 3. The first kappa shape index (κ1) is 38.6. The molecule has 0 aliphatic carbocycles. The van der Waals surface area contributed by atoms with Crippen LogP contribution in [0.4, 0.5) is 0 Å². The third kappa shape index (κ3) is 7.11. The molecule has 0 amide bonds. The van der Waals surface area contributed by atoms with E-state index in [4.69, 9.17) is 24.9 Å². The van der Waals surface area contributed by atoms with Crippen LogP contribution in [0.2, 0.25) is 0 Å². The molecule has 11 rings (SSSR count). The summed E-state index contributed by atoms with van der Waals surface area (Å²) in [5.41, 5.74) is 16.6. The van der Waals surface area contributed by atoms with Gasteiger partial charge in [0.1, 0.15) is 0 Å². The van der Waals surface area contributed by atoms with E-state index in [0.29, 0.717) is 23.3 Å². The molecule has 0 aliphatic rings. The van der Waals surface area contributed by atoms with Crippen molar-refractivity contribution in [2.24, 2.45) is 0 Å². The van der Waals surface area contributed by atoms with E-state index >= 15 is 0 Å². The van der Waals surface area contributed by atoms with Crippen LogP contribution < -0.4 is 0 Å². The summed E-state index contributed by atoms with van der Waals surface area (Å²) >= 11 is 0. The predicted octanol–water partition coefficient (Wildman–Crippen LogP) is 14.4. The van der Waals surface area contributed by atoms with Gasteiger partial charge >= 0.3 is 0 Å². The SMILES string of the molecule is Cc1cc(C)c(-c2ccc3c(c2)c2ccccc2n3-c2ccc(-c3nc(-c4ccccc4)nc(-c4ccccc4)n3)cc2-c2cc(-c3ccccc3)nc(-c3ccccc3)n2)c(C)c1. The van der Waals surface area contributed by atoms with Crippen LogP contribution in [-0.2, 0) is 0 Å². The van der Waals surface area contributed by atoms with E-state index < -0.39 is 0 Å². The van der Waals surface area contributed by atoms with Crippen LogP contribution >= 0.6 is 0 Å². The molecule has 0 unspecified atom stereocenters. The predicted molar refractivity (Wildman–Crippen MR) is 262 cm³/mol. The van der Waals surface area contributed by atoms with Crippen LogP contribution in [0.5, 0.6) is 0 Å². The van der Waals surface area contributed by atoms with Gasteiger partial charge in [-0.05, 0) is 85.5 Å². The summed E-state index contributed by atoms with van der Waals surface area (Å²) in [6, 6.07) is 69.5. The molecule has 0 atom stereocenters. The van der Waals surface area contributed by atoms with Gasteiger partial charge in [0.2, 0.25) is 0 Å². The third-order valence-corrected chi connectivity index (χ3v) is 11.9. The Kier molecular flexibility index (Phi) is 9.74. The summed E-state index contributed by atoms with van der Waals surface area (Å²) in [5, 5.41) is 2.35. The van der Waals surface area contributed by atoms with Gasteiger partial charge in [-0.15, -0.1) is 0 Å². The molecule has 0 N–H and O–H groups in total. The Bertz CT molecular complexity index is 3370. The Hall–Kier alpha value is -8.35. The van der Waals surface area contributed by atoms with Gasteiger partial charge in [-0.2, -0.15) is 0 Å². The monoisotopic (exact) mass is 822 g/mol. The molecule has 3 heterocycles. The fourth-order valence-electron chi connectivity index (χ4n) is 9.09. The lowest BCUT2D eigenvalue weighted by Gasteiger charge is -2.17. The fraction of sp³-hybridized carbons (Fsp3) is 0.0517. The number of para-hydroxylation sites is 1. The van der Waals surface area contributed by atoms with E-state index in [0.717, 1.165) is 61.5 Å². The van der Waals surface area contributed by atoms with E-state index in [1.807, 2.05) is 97.1 Å². The van der Waals surface area contributed by atoms with Crippen molar-refractivity contribution in [3.8, 4) is 84.9 Å². The zero-order chi connectivity index (χ0) is 43.1. The summed E-state index contributed by atoms with van der Waals surface area (Å²) in [4.78, 5) is 25.9. The highest BCUT2D eigenvalue weighted by Gasteiger charge is 2.22. The second-order valence-electron chi connectivity index (χ2n) is 16.3. The molecule has 0 aliphatic heterocycles. The van der Waals surface area contributed by atoms with Gasteiger partial charge in [0.05, 0.1) is 28.1 Å². The second-order valence-corrected chi connectivity index (χ2v) is 16.3. The van der Waals surface area contributed by atoms with Gasteiger partial charge in [-0.25, -0.2) is 24.9 Å². The molecule has 6 nitrogen and oxygen atoms in total. The first-order chi connectivity index (χ1) is 31.4. The summed E-state index contributed by atoms with van der Waals surface area (Å²) < 4.78 is 2.38. The third-order valence-electron chi connectivity index (χ3n) is 11.9. The first-order valence-corrected chi connectivity index (χ1v) is 21.6. The minimum Gasteiger partial charge on any atom is -0.309 e. The van der Waals surface area contributed by atoms with Gasteiger partial charge < -0.3 is 4.57 Å². The van der Waals surface area contributed by atoms with Gasteiger partial charge in [-0.1, -0.05) is 163 Å². The van der Waals surface area contributed by atoms with Gasteiger partial charge in [-0.3, -0.25) is 0 Å². The van der Waals surface area contributed by atoms with Gasteiger partial charge in [0.25, 0.3) is 0 Å². The van der Waals surface area contributed by atoms with Crippen LogP contribution in [0.25, 0.3) is 107 Å². The molecule has 6 heteroatoms. The van der Waals surface area contributed by atoms with Crippen molar-refractivity contribution in [1.29, 1.82) is 0 Å². The Morgan fingerprint density at radius 1 is 0.328 bits per heavy atom. The number of fused-ring (bicyclic) bond motifs is 3. The van der Waals surface area contributed by atoms with Crippen LogP contribution in [0, 0.1) is 20.8 Å². The lowest BCUT2D eigenvalue weighted by molar-refractivity contribution is 1.07. The smallest absolute Gasteiger partial charge is 0.164 e. The molecule has 0 saturated heterocycles. The van der Waals surface area contributed by atoms with Crippen molar-refractivity contribution in [3.05, 3.63) is 217 Å². The summed E-state index contributed by atoms with van der Waals surface area (Å²) in [7, 11) is 0. The van der Waals surface area contributed by atoms with Crippen molar-refractivity contribution in [2.75, 3.05) is 0 Å². The number of aromatic nitrogens is 6. The number of rotatable bonds is 8. The fourth-order valence-corrected chi connectivity index (χ4v) is 9.09. The molecule has 0 fully saturated rings. The average molecular weight is 823 g/mol. The maximum absolute atomic E-state index is 5.40. The highest BCUT2D eigenvalue weighted by atomic mass is 15.0. The summed E-state index contributed by atoms with van der Waals surface area (Å²) in [6.07, 6.45) is 0. The van der Waals surface area contributed by atoms with Gasteiger partial charge in [0.15, 0.2) is 23.3 Å². The van der Waals surface area contributed by atoms with Gasteiger partial charge in [0, 0.05) is 44.2 Å². The van der Waals surface area contributed by atoms with Crippen LogP contribution in [0.3, 0.4) is 0 Å². The van der Waals surface area contributed by atoms with Crippen molar-refractivity contribution < 1.29 is 0 Å². The van der Waals surface area contributed by atoms with E-state index in [1.54, 1.807) is 0 Å². The Balaban J connectivity index is 1.19. The van der Waals surface area contributed by atoms with E-state index in [1.165, 1.54) is 38.6 Å². The lowest BCUT2D eigenvalue weighted by atomic mass is 9.93. The minimum absolute atomic E-state index is 0.567. The zero-order valence-corrected chi connectivity index (χ0v) is 35.7. The number of benzene rings is 8. The van der Waals surface area contributed by atoms with Crippen molar-refractivity contribution >= 4 is 21.8 Å². The molecule has 11 aromatic rings. The first-order valence-electron chi connectivity index (χ1n) is 21.6. The number of hydrogen-bond donors (Lipinski definition) is 0. The van der Waals surface area contributed by atoms with Crippen molar-refractivity contribution in [3.63, 3.8) is 0 Å². The summed E-state index contributed by atoms with van der Waals surface area (Å²) in [5.74, 6) is 2.41. The van der Waals surface area contributed by atoms with E-state index in [-0.39, 0.29) is 0 Å². The molecule has 8 aromatic carbocycles. The normalized spacial score (nSPS) is 11.4. The highest BCUT2D eigenvalue weighted by molar-refractivity contribution is 6.11. The Morgan fingerprint density at radius 2 is 0.797 bits per heavy atom. The highest BCUT2D eigenvalue weighted by Crippen LogP contribution is 2.41. The molecule has 0 saturated carbocycles. The standard InChI is InChI=1S/C58H42N6/c1-37-32-38(2)54(39(3)33-37)44-28-30-52-47(34-44)46-26-16-17-27-51(46)64(52)53-31-29-45(58-62-56(42-22-12-6-13-23-42)61-57(63-58)43-24-14-7-15-25-43)35-48(53)50-36-49(40-18-8-4-9-19-40)59-55(60-50)41-20-10-5-11-21-41/h4-36H,1-3H3. The minimum atomic E-state index is 0.567. The van der Waals surface area contributed by atoms with Crippen LogP contribution in [0.15, 0.2) is 200 Å². The quantitative estimate of drug-likeness (QED) is 0.153. The Morgan fingerprint density at radius 3 is 1.39 bits per heavy atom.